The molecule has 0 spiro atoms. The van der Waals surface area contributed by atoms with Crippen LogP contribution in [0, 0.1) is 34.5 Å². The highest BCUT2D eigenvalue weighted by atomic mass is 35.5. The Morgan fingerprint density at radius 2 is 1.85 bits per heavy atom. The molecule has 1 N–H and O–H groups in total. The molecule has 0 saturated heterocycles. The summed E-state index contributed by atoms with van der Waals surface area (Å²) in [5.74, 6) is 0.995. The van der Waals surface area contributed by atoms with Crippen molar-refractivity contribution < 1.29 is 14.3 Å². The molecule has 3 aliphatic rings. The van der Waals surface area contributed by atoms with E-state index >= 15 is 0 Å². The Morgan fingerprint density at radius 1 is 1.19 bits per heavy atom. The second-order valence-electron chi connectivity index (χ2n) is 8.69. The summed E-state index contributed by atoms with van der Waals surface area (Å²) in [7, 11) is 0. The fourth-order valence-electron chi connectivity index (χ4n) is 5.37. The molecule has 3 saturated carbocycles. The zero-order valence-corrected chi connectivity index (χ0v) is 16.6. The van der Waals surface area contributed by atoms with Gasteiger partial charge in [0.2, 0.25) is 0 Å². The summed E-state index contributed by atoms with van der Waals surface area (Å²) >= 11 is 13.3. The predicted octanol–water partition coefficient (Wildman–Crippen LogP) is 4.66. The molecule has 5 atom stereocenters. The number of fused-ring (bicyclic) bond motifs is 3. The molecule has 1 aromatic rings. The van der Waals surface area contributed by atoms with Gasteiger partial charge in [-0.3, -0.25) is 10.1 Å². The lowest BCUT2D eigenvalue weighted by atomic mass is 9.80. The summed E-state index contributed by atoms with van der Waals surface area (Å²) in [6.45, 7) is 6.85. The summed E-state index contributed by atoms with van der Waals surface area (Å²) in [6.07, 6.45) is 0.220. The average Bonchev–Trinajstić information content (AvgIpc) is 3.31. The minimum absolute atomic E-state index is 0.100. The Bertz CT molecular complexity index is 764. The van der Waals surface area contributed by atoms with Crippen LogP contribution in [0.4, 0.5) is 4.79 Å². The monoisotopic (exact) mass is 395 g/mol. The first-order chi connectivity index (χ1) is 12.1. The highest BCUT2D eigenvalue weighted by Gasteiger charge is 2.86. The Hall–Kier alpha value is -1.26. The van der Waals surface area contributed by atoms with Crippen molar-refractivity contribution in [1.82, 2.24) is 5.32 Å². The Balaban J connectivity index is 1.38. The largest absolute Gasteiger partial charge is 0.449 e. The first kappa shape index (κ1) is 18.1. The van der Waals surface area contributed by atoms with E-state index in [4.69, 9.17) is 27.9 Å². The standard InChI is InChI=1S/C20H23Cl2NO3/c1-18(2)13-9-12(19(3)15(14(13)18)20(19,21)22)10-26-17(25)23-16(24)11-7-5-4-6-8-11/h4-8,12-15H,9-10H2,1-3H3,(H,23,24,25)/t12-,13?,14?,15-,19+/m0/s1. The van der Waals surface area contributed by atoms with Gasteiger partial charge in [-0.05, 0) is 35.8 Å². The summed E-state index contributed by atoms with van der Waals surface area (Å²) < 4.78 is 4.62. The van der Waals surface area contributed by atoms with Gasteiger partial charge in [0.05, 0.1) is 6.61 Å². The molecule has 6 heteroatoms. The van der Waals surface area contributed by atoms with Gasteiger partial charge in [-0.1, -0.05) is 39.0 Å². The fourth-order valence-corrected chi connectivity index (χ4v) is 6.52. The highest BCUT2D eigenvalue weighted by Crippen LogP contribution is 2.87. The van der Waals surface area contributed by atoms with E-state index in [-0.39, 0.29) is 29.3 Å². The number of halogens is 2. The van der Waals surface area contributed by atoms with Crippen molar-refractivity contribution in [3.05, 3.63) is 35.9 Å². The van der Waals surface area contributed by atoms with Crippen molar-refractivity contribution in [2.45, 2.75) is 31.5 Å². The first-order valence-corrected chi connectivity index (χ1v) is 9.78. The predicted molar refractivity (Wildman–Crippen MR) is 100 cm³/mol. The van der Waals surface area contributed by atoms with E-state index in [1.807, 2.05) is 6.07 Å². The topological polar surface area (TPSA) is 55.4 Å². The molecular weight excluding hydrogens is 373 g/mol. The number of hydrogen-bond donors (Lipinski definition) is 1. The second-order valence-corrected chi connectivity index (χ2v) is 10.1. The van der Waals surface area contributed by atoms with E-state index in [0.717, 1.165) is 6.42 Å². The zero-order valence-electron chi connectivity index (χ0n) is 15.1. The van der Waals surface area contributed by atoms with Crippen molar-refractivity contribution in [1.29, 1.82) is 0 Å². The average molecular weight is 396 g/mol. The van der Waals surface area contributed by atoms with E-state index in [1.165, 1.54) is 0 Å². The molecule has 4 rings (SSSR count). The van der Waals surface area contributed by atoms with Crippen LogP contribution in [0.25, 0.3) is 0 Å². The third-order valence-electron chi connectivity index (χ3n) is 7.22. The number of alkyl halides is 2. The van der Waals surface area contributed by atoms with Crippen LogP contribution < -0.4 is 5.32 Å². The molecule has 2 unspecified atom stereocenters. The van der Waals surface area contributed by atoms with E-state index in [2.05, 4.69) is 26.1 Å². The van der Waals surface area contributed by atoms with E-state index in [1.54, 1.807) is 24.3 Å². The highest BCUT2D eigenvalue weighted by molar-refractivity contribution is 6.52. The van der Waals surface area contributed by atoms with Crippen LogP contribution in [0.2, 0.25) is 0 Å². The molecule has 1 aromatic carbocycles. The Morgan fingerprint density at radius 3 is 2.50 bits per heavy atom. The first-order valence-electron chi connectivity index (χ1n) is 9.02. The van der Waals surface area contributed by atoms with Gasteiger partial charge in [-0.15, -0.1) is 23.2 Å². The van der Waals surface area contributed by atoms with E-state index < -0.39 is 16.3 Å². The van der Waals surface area contributed by atoms with Gasteiger partial charge in [-0.2, -0.15) is 0 Å². The summed E-state index contributed by atoms with van der Waals surface area (Å²) in [6, 6.07) is 8.58. The lowest BCUT2D eigenvalue weighted by Crippen LogP contribution is -2.34. The minimum atomic E-state index is -0.759. The number of alkyl carbamates (subject to hydrolysis) is 1. The van der Waals surface area contributed by atoms with Crippen LogP contribution >= 0.6 is 23.2 Å². The number of rotatable bonds is 3. The van der Waals surface area contributed by atoms with Crippen LogP contribution in [-0.2, 0) is 4.74 Å². The van der Waals surface area contributed by atoms with Gasteiger partial charge < -0.3 is 4.74 Å². The van der Waals surface area contributed by atoms with Crippen molar-refractivity contribution in [2.24, 2.45) is 34.5 Å². The maximum atomic E-state index is 12.1. The second kappa shape index (κ2) is 5.62. The van der Waals surface area contributed by atoms with Crippen molar-refractivity contribution >= 4 is 35.2 Å². The van der Waals surface area contributed by atoms with Crippen LogP contribution in [-0.4, -0.2) is 22.9 Å². The van der Waals surface area contributed by atoms with E-state index in [0.29, 0.717) is 17.4 Å². The Labute approximate surface area is 163 Å². The number of benzene rings is 1. The molecule has 0 bridgehead atoms. The molecule has 2 amide bonds. The summed E-state index contributed by atoms with van der Waals surface area (Å²) in [4.78, 5) is 24.1. The van der Waals surface area contributed by atoms with E-state index in [9.17, 15) is 9.59 Å². The summed E-state index contributed by atoms with van der Waals surface area (Å²) in [5.41, 5.74) is 0.423. The van der Waals surface area contributed by atoms with Crippen LogP contribution in [0.5, 0.6) is 0 Å². The SMILES string of the molecule is CC1(C)C2C[C@@H](COC(=O)NC(=O)c3ccccc3)[C@]3(C)[C@H](C21)C3(Cl)Cl. The fraction of sp³-hybridized carbons (Fsp3) is 0.600. The lowest BCUT2D eigenvalue weighted by molar-refractivity contribution is 0.0781. The van der Waals surface area contributed by atoms with Crippen molar-refractivity contribution in [3.63, 3.8) is 0 Å². The molecule has 26 heavy (non-hydrogen) atoms. The number of carbonyl (C=O) groups is 2. The summed E-state index contributed by atoms with van der Waals surface area (Å²) in [5, 5.41) is 2.27. The smallest absolute Gasteiger partial charge is 0.414 e. The van der Waals surface area contributed by atoms with Crippen molar-refractivity contribution in [2.75, 3.05) is 6.61 Å². The van der Waals surface area contributed by atoms with Crippen LogP contribution in [0.3, 0.4) is 0 Å². The van der Waals surface area contributed by atoms with Crippen molar-refractivity contribution in [3.8, 4) is 0 Å². The third kappa shape index (κ3) is 2.41. The van der Waals surface area contributed by atoms with Crippen LogP contribution in [0.15, 0.2) is 30.3 Å². The maximum absolute atomic E-state index is 12.1. The van der Waals surface area contributed by atoms with Crippen LogP contribution in [0.1, 0.15) is 37.6 Å². The molecular formula is C20H23Cl2NO3. The minimum Gasteiger partial charge on any atom is -0.449 e. The number of imide groups is 1. The Kier molecular flexibility index (Phi) is 3.92. The number of hydrogen-bond acceptors (Lipinski definition) is 3. The number of ether oxygens (including phenoxy) is 1. The molecule has 0 heterocycles. The van der Waals surface area contributed by atoms with Gasteiger partial charge >= 0.3 is 6.09 Å². The molecule has 4 nitrogen and oxygen atoms in total. The maximum Gasteiger partial charge on any atom is 0.414 e. The molecule has 3 aliphatic carbocycles. The lowest BCUT2D eigenvalue weighted by Gasteiger charge is -2.28. The molecule has 0 radical (unpaired) electrons. The molecule has 0 aliphatic heterocycles. The number of amides is 2. The van der Waals surface area contributed by atoms with Gasteiger partial charge in [0.15, 0.2) is 0 Å². The van der Waals surface area contributed by atoms with Gasteiger partial charge in [0.25, 0.3) is 5.91 Å². The number of carbonyl (C=O) groups excluding carboxylic acids is 2. The quantitative estimate of drug-likeness (QED) is 0.757. The normalized spacial score (nSPS) is 37.7. The zero-order chi connectivity index (χ0) is 18.9. The molecule has 3 fully saturated rings. The molecule has 0 aromatic heterocycles. The van der Waals surface area contributed by atoms with Gasteiger partial charge in [0.1, 0.15) is 4.33 Å². The van der Waals surface area contributed by atoms with Gasteiger partial charge in [-0.25, -0.2) is 4.79 Å². The van der Waals surface area contributed by atoms with Gasteiger partial charge in [0, 0.05) is 22.8 Å². The third-order valence-corrected chi connectivity index (χ3v) is 8.51. The number of nitrogens with one attached hydrogen (secondary N) is 1. The molecule has 140 valence electrons.